The van der Waals surface area contributed by atoms with Gasteiger partial charge >= 0.3 is 0 Å². The quantitative estimate of drug-likeness (QED) is 0.338. The fraction of sp³-hybridized carbons (Fsp3) is 0.400. The second kappa shape index (κ2) is 10.7. The summed E-state index contributed by atoms with van der Waals surface area (Å²) in [6.45, 7) is 2.25. The molecule has 0 spiro atoms. The van der Waals surface area contributed by atoms with E-state index in [9.17, 15) is 0 Å². The lowest BCUT2D eigenvalue weighted by Crippen LogP contribution is -2.11. The minimum Gasteiger partial charge on any atom is -0.497 e. The fourth-order valence-corrected chi connectivity index (χ4v) is 4.90. The van der Waals surface area contributed by atoms with Crippen molar-refractivity contribution in [1.29, 1.82) is 0 Å². The van der Waals surface area contributed by atoms with Crippen LogP contribution in [0, 0.1) is 5.92 Å². The summed E-state index contributed by atoms with van der Waals surface area (Å²) in [5.41, 5.74) is 4.38. The zero-order chi connectivity index (χ0) is 21.5. The molecule has 0 radical (unpaired) electrons. The molecule has 0 aliphatic heterocycles. The van der Waals surface area contributed by atoms with E-state index >= 15 is 0 Å². The predicted molar refractivity (Wildman–Crippen MR) is 133 cm³/mol. The summed E-state index contributed by atoms with van der Waals surface area (Å²) >= 11 is 0. The van der Waals surface area contributed by atoms with Crippen molar-refractivity contribution in [1.82, 2.24) is 0 Å². The fourth-order valence-electron chi connectivity index (χ4n) is 4.90. The highest BCUT2D eigenvalue weighted by atomic mass is 16.5. The van der Waals surface area contributed by atoms with Crippen LogP contribution in [0.4, 0.5) is 0 Å². The maximum atomic E-state index is 5.33. The molecule has 4 rings (SSSR count). The molecule has 1 aliphatic carbocycles. The van der Waals surface area contributed by atoms with E-state index in [1.807, 2.05) is 6.07 Å². The third-order valence-electron chi connectivity index (χ3n) is 6.90. The Hall–Kier alpha value is -2.54. The van der Waals surface area contributed by atoms with Crippen molar-refractivity contribution in [2.75, 3.05) is 7.11 Å². The van der Waals surface area contributed by atoms with Gasteiger partial charge in [0, 0.05) is 0 Å². The van der Waals surface area contributed by atoms with Gasteiger partial charge in [0.2, 0.25) is 0 Å². The van der Waals surface area contributed by atoms with Gasteiger partial charge in [-0.3, -0.25) is 0 Å². The highest BCUT2D eigenvalue weighted by molar-refractivity contribution is 5.84. The number of hydrogen-bond acceptors (Lipinski definition) is 1. The van der Waals surface area contributed by atoms with E-state index in [1.54, 1.807) is 12.7 Å². The van der Waals surface area contributed by atoms with Crippen molar-refractivity contribution in [2.45, 2.75) is 64.2 Å². The SMILES string of the molecule is CCC/C=C/C1CCC(c2ccc(CCc3ccc4cc(OC)ccc4c3)cc2)CC1. The molecule has 1 nitrogen and oxygen atoms in total. The van der Waals surface area contributed by atoms with Crippen LogP contribution in [0.25, 0.3) is 10.8 Å². The van der Waals surface area contributed by atoms with Gasteiger partial charge in [0.1, 0.15) is 5.75 Å². The van der Waals surface area contributed by atoms with Crippen molar-refractivity contribution >= 4 is 10.8 Å². The van der Waals surface area contributed by atoms with Gasteiger partial charge in [-0.2, -0.15) is 0 Å². The van der Waals surface area contributed by atoms with Gasteiger partial charge in [0.05, 0.1) is 7.11 Å². The second-order valence-electron chi connectivity index (χ2n) is 9.12. The molecule has 3 aromatic carbocycles. The summed E-state index contributed by atoms with van der Waals surface area (Å²) in [5, 5.41) is 2.52. The lowest BCUT2D eigenvalue weighted by atomic mass is 9.78. The van der Waals surface area contributed by atoms with Crippen LogP contribution in [0.1, 0.15) is 68.1 Å². The van der Waals surface area contributed by atoms with Crippen LogP contribution in [0.2, 0.25) is 0 Å². The average Bonchev–Trinajstić information content (AvgIpc) is 2.83. The Morgan fingerprint density at radius 1 is 0.806 bits per heavy atom. The molecule has 0 saturated heterocycles. The minimum atomic E-state index is 0.752. The van der Waals surface area contributed by atoms with Crippen molar-refractivity contribution in [3.05, 3.63) is 89.5 Å². The number of allylic oxidation sites excluding steroid dienone is 2. The number of benzene rings is 3. The highest BCUT2D eigenvalue weighted by Gasteiger charge is 2.20. The topological polar surface area (TPSA) is 9.23 Å². The van der Waals surface area contributed by atoms with E-state index in [0.29, 0.717) is 0 Å². The number of unbranched alkanes of at least 4 members (excludes halogenated alkanes) is 1. The van der Waals surface area contributed by atoms with Crippen molar-refractivity contribution in [2.24, 2.45) is 5.92 Å². The Balaban J connectivity index is 1.30. The molecular weight excluding hydrogens is 376 g/mol. The molecule has 0 bridgehead atoms. The normalized spacial score (nSPS) is 19.2. The number of aryl methyl sites for hydroxylation is 2. The number of hydrogen-bond donors (Lipinski definition) is 0. The largest absolute Gasteiger partial charge is 0.497 e. The Morgan fingerprint density at radius 3 is 2.23 bits per heavy atom. The standard InChI is InChI=1S/C30H36O/c1-3-4-5-6-23-9-14-26(15-10-23)27-16-11-24(12-17-27)7-8-25-13-18-29-22-30(31-2)20-19-28(29)21-25/h5-6,11-13,16-23,26H,3-4,7-10,14-15H2,1-2H3/b6-5+. The summed E-state index contributed by atoms with van der Waals surface area (Å²) in [6.07, 6.45) is 14.9. The Morgan fingerprint density at radius 2 is 1.48 bits per heavy atom. The maximum absolute atomic E-state index is 5.33. The van der Waals surface area contributed by atoms with Crippen molar-refractivity contribution < 1.29 is 4.74 Å². The second-order valence-corrected chi connectivity index (χ2v) is 9.12. The first-order chi connectivity index (χ1) is 15.2. The highest BCUT2D eigenvalue weighted by Crippen LogP contribution is 2.36. The van der Waals surface area contributed by atoms with Gasteiger partial charge in [-0.1, -0.05) is 74.0 Å². The number of methoxy groups -OCH3 is 1. The summed E-state index contributed by atoms with van der Waals surface area (Å²) in [6, 6.07) is 22.6. The molecule has 0 aromatic heterocycles. The number of ether oxygens (including phenoxy) is 1. The number of fused-ring (bicyclic) bond motifs is 1. The first-order valence-corrected chi connectivity index (χ1v) is 12.1. The summed E-state index contributed by atoms with van der Waals surface area (Å²) in [7, 11) is 1.72. The van der Waals surface area contributed by atoms with Crippen LogP contribution in [-0.4, -0.2) is 7.11 Å². The third kappa shape index (κ3) is 5.79. The smallest absolute Gasteiger partial charge is 0.119 e. The van der Waals surface area contributed by atoms with Crippen LogP contribution in [0.3, 0.4) is 0 Å². The Labute approximate surface area is 188 Å². The average molecular weight is 413 g/mol. The molecule has 0 amide bonds. The van der Waals surface area contributed by atoms with Gasteiger partial charge in [0.25, 0.3) is 0 Å². The molecule has 1 aliphatic rings. The van der Waals surface area contributed by atoms with E-state index in [-0.39, 0.29) is 0 Å². The molecule has 31 heavy (non-hydrogen) atoms. The molecule has 3 aromatic rings. The van der Waals surface area contributed by atoms with Crippen LogP contribution < -0.4 is 4.74 Å². The van der Waals surface area contributed by atoms with Crippen molar-refractivity contribution in [3.63, 3.8) is 0 Å². The monoisotopic (exact) mass is 412 g/mol. The first kappa shape index (κ1) is 21.7. The first-order valence-electron chi connectivity index (χ1n) is 12.1. The number of rotatable bonds is 8. The van der Waals surface area contributed by atoms with Gasteiger partial charge < -0.3 is 4.74 Å². The van der Waals surface area contributed by atoms with E-state index < -0.39 is 0 Å². The van der Waals surface area contributed by atoms with Crippen LogP contribution in [0.15, 0.2) is 72.8 Å². The summed E-state index contributed by atoms with van der Waals surface area (Å²) in [5.74, 6) is 2.48. The maximum Gasteiger partial charge on any atom is 0.119 e. The van der Waals surface area contributed by atoms with Gasteiger partial charge in [0.15, 0.2) is 0 Å². The van der Waals surface area contributed by atoms with E-state index in [0.717, 1.165) is 30.4 Å². The molecule has 1 fully saturated rings. The van der Waals surface area contributed by atoms with Crippen LogP contribution >= 0.6 is 0 Å². The predicted octanol–water partition coefficient (Wildman–Crippen LogP) is 8.26. The molecule has 0 atom stereocenters. The molecule has 1 saturated carbocycles. The van der Waals surface area contributed by atoms with E-state index in [1.165, 1.54) is 60.4 Å². The lowest BCUT2D eigenvalue weighted by Gasteiger charge is -2.27. The minimum absolute atomic E-state index is 0.752. The zero-order valence-corrected chi connectivity index (χ0v) is 19.1. The van der Waals surface area contributed by atoms with E-state index in [2.05, 4.69) is 73.7 Å². The van der Waals surface area contributed by atoms with Gasteiger partial charge in [-0.05, 0) is 96.4 Å². The summed E-state index contributed by atoms with van der Waals surface area (Å²) < 4.78 is 5.33. The molecule has 0 heterocycles. The zero-order valence-electron chi connectivity index (χ0n) is 19.1. The molecule has 0 N–H and O–H groups in total. The molecular formula is C30H36O. The molecule has 162 valence electrons. The Kier molecular flexibility index (Phi) is 7.46. The van der Waals surface area contributed by atoms with Gasteiger partial charge in [-0.25, -0.2) is 0 Å². The van der Waals surface area contributed by atoms with Crippen LogP contribution in [0.5, 0.6) is 5.75 Å². The van der Waals surface area contributed by atoms with Crippen LogP contribution in [-0.2, 0) is 12.8 Å². The third-order valence-corrected chi connectivity index (χ3v) is 6.90. The molecule has 0 unspecified atom stereocenters. The lowest BCUT2D eigenvalue weighted by molar-refractivity contribution is 0.375. The molecule has 1 heteroatoms. The summed E-state index contributed by atoms with van der Waals surface area (Å²) in [4.78, 5) is 0. The van der Waals surface area contributed by atoms with Crippen molar-refractivity contribution in [3.8, 4) is 5.75 Å². The Bertz CT molecular complexity index is 991. The van der Waals surface area contributed by atoms with E-state index in [4.69, 9.17) is 4.74 Å². The van der Waals surface area contributed by atoms with Gasteiger partial charge in [-0.15, -0.1) is 0 Å².